The Labute approximate surface area is 165 Å². The zero-order valence-electron chi connectivity index (χ0n) is 16.1. The molecule has 6 heteroatoms. The van der Waals surface area contributed by atoms with Gasteiger partial charge in [-0.1, -0.05) is 30.3 Å². The third kappa shape index (κ3) is 5.57. The molecule has 0 aliphatic carbocycles. The van der Waals surface area contributed by atoms with Crippen LogP contribution in [0.2, 0.25) is 0 Å². The van der Waals surface area contributed by atoms with Gasteiger partial charge in [-0.3, -0.25) is 14.5 Å². The van der Waals surface area contributed by atoms with Crippen molar-refractivity contribution in [2.75, 3.05) is 24.1 Å². The Hall–Kier alpha value is -2.86. The molecule has 6 nitrogen and oxygen atoms in total. The van der Waals surface area contributed by atoms with E-state index in [1.165, 1.54) is 0 Å². The van der Waals surface area contributed by atoms with Crippen molar-refractivity contribution < 1.29 is 9.59 Å². The minimum absolute atomic E-state index is 0.0312. The van der Waals surface area contributed by atoms with Crippen molar-refractivity contribution in [3.8, 4) is 0 Å². The number of para-hydroxylation sites is 1. The highest BCUT2D eigenvalue weighted by atomic mass is 16.2. The van der Waals surface area contributed by atoms with Crippen LogP contribution in [0.1, 0.15) is 30.4 Å². The standard InChI is InChI=1S/C22H28N4O2/c23-20-6-2-1-4-17(20)9-12-21(27)25-19-10-7-16(8-11-19)14-26-13-3-5-18(15-26)22(24)28/h1-2,4,6-8,10-11,18H,3,5,9,12-15,23H2,(H2,24,28)(H,25,27). The molecular formula is C22H28N4O2. The third-order valence-corrected chi connectivity index (χ3v) is 5.23. The maximum atomic E-state index is 12.2. The lowest BCUT2D eigenvalue weighted by molar-refractivity contribution is -0.123. The van der Waals surface area contributed by atoms with Crippen molar-refractivity contribution in [1.82, 2.24) is 4.90 Å². The van der Waals surface area contributed by atoms with E-state index in [4.69, 9.17) is 11.5 Å². The van der Waals surface area contributed by atoms with Gasteiger partial charge in [0.05, 0.1) is 5.92 Å². The summed E-state index contributed by atoms with van der Waals surface area (Å²) in [6.07, 6.45) is 2.88. The number of anilines is 2. The Bertz CT molecular complexity index is 820. The number of nitrogen functional groups attached to an aromatic ring is 1. The quantitative estimate of drug-likeness (QED) is 0.643. The molecule has 0 saturated carbocycles. The number of nitrogens with one attached hydrogen (secondary N) is 1. The largest absolute Gasteiger partial charge is 0.399 e. The van der Waals surface area contributed by atoms with Crippen LogP contribution in [0.5, 0.6) is 0 Å². The normalized spacial score (nSPS) is 17.2. The highest BCUT2D eigenvalue weighted by Gasteiger charge is 2.23. The number of benzene rings is 2. The lowest BCUT2D eigenvalue weighted by atomic mass is 9.97. The van der Waals surface area contributed by atoms with Crippen molar-refractivity contribution in [2.45, 2.75) is 32.2 Å². The number of carbonyl (C=O) groups is 2. The first-order valence-corrected chi connectivity index (χ1v) is 9.75. The summed E-state index contributed by atoms with van der Waals surface area (Å²) < 4.78 is 0. The molecule has 1 unspecified atom stereocenters. The second-order valence-corrected chi connectivity index (χ2v) is 7.42. The molecule has 1 atom stereocenters. The molecule has 1 fully saturated rings. The number of nitrogens with two attached hydrogens (primary N) is 2. The van der Waals surface area contributed by atoms with Gasteiger partial charge in [-0.2, -0.15) is 0 Å². The number of hydrogen-bond acceptors (Lipinski definition) is 4. The van der Waals surface area contributed by atoms with Gasteiger partial charge in [0.25, 0.3) is 0 Å². The molecule has 1 saturated heterocycles. The molecule has 0 radical (unpaired) electrons. The van der Waals surface area contributed by atoms with E-state index in [1.807, 2.05) is 48.5 Å². The Morgan fingerprint density at radius 1 is 1.11 bits per heavy atom. The summed E-state index contributed by atoms with van der Waals surface area (Å²) in [6, 6.07) is 15.5. The fraction of sp³-hybridized carbons (Fsp3) is 0.364. The minimum atomic E-state index is -0.208. The third-order valence-electron chi connectivity index (χ3n) is 5.23. The Morgan fingerprint density at radius 3 is 2.57 bits per heavy atom. The Morgan fingerprint density at radius 2 is 1.86 bits per heavy atom. The second-order valence-electron chi connectivity index (χ2n) is 7.42. The summed E-state index contributed by atoms with van der Waals surface area (Å²) in [4.78, 5) is 25.9. The van der Waals surface area contributed by atoms with Gasteiger partial charge in [0.15, 0.2) is 0 Å². The summed E-state index contributed by atoms with van der Waals surface area (Å²) in [7, 11) is 0. The van der Waals surface area contributed by atoms with Crippen molar-refractivity contribution in [3.63, 3.8) is 0 Å². The topological polar surface area (TPSA) is 101 Å². The summed E-state index contributed by atoms with van der Waals surface area (Å²) in [5, 5.41) is 2.93. The molecule has 0 spiro atoms. The number of likely N-dealkylation sites (tertiary alicyclic amines) is 1. The van der Waals surface area contributed by atoms with Crippen LogP contribution in [0.25, 0.3) is 0 Å². The predicted molar refractivity (Wildman–Crippen MR) is 111 cm³/mol. The van der Waals surface area contributed by atoms with E-state index in [9.17, 15) is 9.59 Å². The van der Waals surface area contributed by atoms with E-state index >= 15 is 0 Å². The van der Waals surface area contributed by atoms with Gasteiger partial charge < -0.3 is 16.8 Å². The number of amides is 2. The zero-order valence-corrected chi connectivity index (χ0v) is 16.1. The first kappa shape index (κ1) is 19.9. The first-order valence-electron chi connectivity index (χ1n) is 9.75. The van der Waals surface area contributed by atoms with Crippen LogP contribution in [0.3, 0.4) is 0 Å². The molecule has 3 rings (SSSR count). The smallest absolute Gasteiger partial charge is 0.224 e. The summed E-state index contributed by atoms with van der Waals surface area (Å²) in [5.74, 6) is -0.290. The molecule has 1 aliphatic rings. The molecule has 2 aromatic carbocycles. The lowest BCUT2D eigenvalue weighted by Crippen LogP contribution is -2.40. The van der Waals surface area contributed by atoms with Crippen molar-refractivity contribution >= 4 is 23.2 Å². The number of nitrogens with zero attached hydrogens (tertiary/aromatic N) is 1. The van der Waals surface area contributed by atoms with Crippen molar-refractivity contribution in [1.29, 1.82) is 0 Å². The van der Waals surface area contributed by atoms with E-state index in [2.05, 4.69) is 10.2 Å². The number of piperidine rings is 1. The molecule has 2 amide bonds. The van der Waals surface area contributed by atoms with Gasteiger partial charge in [0.2, 0.25) is 11.8 Å². The molecule has 148 valence electrons. The SMILES string of the molecule is NC(=O)C1CCCN(Cc2ccc(NC(=O)CCc3ccccc3N)cc2)C1. The molecule has 0 aromatic heterocycles. The van der Waals surface area contributed by atoms with Crippen LogP contribution in [0.4, 0.5) is 11.4 Å². The second kappa shape index (κ2) is 9.37. The Kier molecular flexibility index (Phi) is 6.66. The summed E-state index contributed by atoms with van der Waals surface area (Å²) >= 11 is 0. The number of rotatable bonds is 7. The molecule has 1 aliphatic heterocycles. The van der Waals surface area contributed by atoms with Crippen molar-refractivity contribution in [3.05, 3.63) is 59.7 Å². The summed E-state index contributed by atoms with van der Waals surface area (Å²) in [6.45, 7) is 2.48. The van der Waals surface area contributed by atoms with Gasteiger partial charge in [-0.15, -0.1) is 0 Å². The van der Waals surface area contributed by atoms with E-state index in [-0.39, 0.29) is 17.7 Å². The zero-order chi connectivity index (χ0) is 19.9. The van der Waals surface area contributed by atoms with Gasteiger partial charge in [0, 0.05) is 30.9 Å². The van der Waals surface area contributed by atoms with Gasteiger partial charge in [-0.25, -0.2) is 0 Å². The molecule has 5 N–H and O–H groups in total. The molecule has 0 bridgehead atoms. The molecular weight excluding hydrogens is 352 g/mol. The van der Waals surface area contributed by atoms with Crippen LogP contribution >= 0.6 is 0 Å². The fourth-order valence-electron chi connectivity index (χ4n) is 3.62. The van der Waals surface area contributed by atoms with E-state index in [0.717, 1.165) is 55.0 Å². The van der Waals surface area contributed by atoms with Crippen LogP contribution in [0, 0.1) is 5.92 Å². The van der Waals surface area contributed by atoms with E-state index in [1.54, 1.807) is 0 Å². The monoisotopic (exact) mass is 380 g/mol. The highest BCUT2D eigenvalue weighted by molar-refractivity contribution is 5.90. The van der Waals surface area contributed by atoms with Crippen LogP contribution in [0.15, 0.2) is 48.5 Å². The van der Waals surface area contributed by atoms with E-state index in [0.29, 0.717) is 12.8 Å². The number of primary amides is 1. The highest BCUT2D eigenvalue weighted by Crippen LogP contribution is 2.19. The fourth-order valence-corrected chi connectivity index (χ4v) is 3.62. The molecule has 28 heavy (non-hydrogen) atoms. The first-order chi connectivity index (χ1) is 13.5. The van der Waals surface area contributed by atoms with Gasteiger partial charge >= 0.3 is 0 Å². The molecule has 1 heterocycles. The number of hydrogen-bond donors (Lipinski definition) is 3. The maximum Gasteiger partial charge on any atom is 0.224 e. The Balaban J connectivity index is 1.48. The average molecular weight is 380 g/mol. The van der Waals surface area contributed by atoms with Gasteiger partial charge in [0.1, 0.15) is 0 Å². The average Bonchev–Trinajstić information content (AvgIpc) is 2.69. The number of carbonyl (C=O) groups excluding carboxylic acids is 2. The van der Waals surface area contributed by atoms with Gasteiger partial charge in [-0.05, 0) is 55.1 Å². The minimum Gasteiger partial charge on any atom is -0.399 e. The predicted octanol–water partition coefficient (Wildman–Crippen LogP) is 2.54. The lowest BCUT2D eigenvalue weighted by Gasteiger charge is -2.31. The number of aryl methyl sites for hydroxylation is 1. The molecule has 2 aromatic rings. The van der Waals surface area contributed by atoms with Crippen LogP contribution in [-0.2, 0) is 22.6 Å². The van der Waals surface area contributed by atoms with Crippen LogP contribution < -0.4 is 16.8 Å². The summed E-state index contributed by atoms with van der Waals surface area (Å²) in [5.41, 5.74) is 15.0. The van der Waals surface area contributed by atoms with Crippen LogP contribution in [-0.4, -0.2) is 29.8 Å². The van der Waals surface area contributed by atoms with Crippen molar-refractivity contribution in [2.24, 2.45) is 11.7 Å². The maximum absolute atomic E-state index is 12.2. The van der Waals surface area contributed by atoms with E-state index < -0.39 is 0 Å².